The van der Waals surface area contributed by atoms with E-state index in [1.54, 1.807) is 0 Å². The molecule has 0 bridgehead atoms. The first kappa shape index (κ1) is 17.0. The van der Waals surface area contributed by atoms with Crippen LogP contribution in [-0.2, 0) is 11.2 Å². The van der Waals surface area contributed by atoms with Gasteiger partial charge in [-0.2, -0.15) is 0 Å². The van der Waals surface area contributed by atoms with Crippen LogP contribution in [0.3, 0.4) is 0 Å². The van der Waals surface area contributed by atoms with E-state index in [1.165, 1.54) is 0 Å². The first-order chi connectivity index (χ1) is 9.45. The molecule has 112 valence electrons. The van der Waals surface area contributed by atoms with Crippen LogP contribution < -0.4 is 0 Å². The predicted molar refractivity (Wildman–Crippen MR) is 83.1 cm³/mol. The van der Waals surface area contributed by atoms with Gasteiger partial charge < -0.3 is 10.0 Å². The molecular weight excluding hydrogens is 274 g/mol. The number of carbonyl (C=O) groups is 1. The fourth-order valence-electron chi connectivity index (χ4n) is 2.10. The van der Waals surface area contributed by atoms with Crippen molar-refractivity contribution in [2.45, 2.75) is 46.1 Å². The van der Waals surface area contributed by atoms with E-state index in [0.717, 1.165) is 16.1 Å². The van der Waals surface area contributed by atoms with Crippen LogP contribution in [0.25, 0.3) is 0 Å². The maximum atomic E-state index is 12.2. The second-order valence-electron chi connectivity index (χ2n) is 5.34. The highest BCUT2D eigenvalue weighted by Crippen LogP contribution is 2.18. The zero-order chi connectivity index (χ0) is 15.1. The van der Waals surface area contributed by atoms with Gasteiger partial charge in [0.05, 0.1) is 0 Å². The van der Waals surface area contributed by atoms with Crippen molar-refractivity contribution in [1.29, 1.82) is 0 Å². The summed E-state index contributed by atoms with van der Waals surface area (Å²) < 4.78 is 0. The summed E-state index contributed by atoms with van der Waals surface area (Å²) in [5.74, 6) is 0.130. The summed E-state index contributed by atoms with van der Waals surface area (Å²) in [6.07, 6.45) is 1.80. The molecule has 0 aromatic heterocycles. The molecular formula is C16H24ClNO2. The number of carbonyl (C=O) groups excluding carboxylic acids is 1. The Labute approximate surface area is 126 Å². The molecule has 1 amide bonds. The summed E-state index contributed by atoms with van der Waals surface area (Å²) >= 11 is 6.09. The second kappa shape index (κ2) is 8.28. The SMILES string of the molecule is Cc1ccc(CCC(=O)N(CCCO)C(C)C)cc1Cl. The molecule has 0 fully saturated rings. The average Bonchev–Trinajstić information content (AvgIpc) is 2.40. The summed E-state index contributed by atoms with van der Waals surface area (Å²) in [4.78, 5) is 14.1. The molecule has 1 N–H and O–H groups in total. The third kappa shape index (κ3) is 5.14. The zero-order valence-corrected chi connectivity index (χ0v) is 13.3. The van der Waals surface area contributed by atoms with Gasteiger partial charge in [-0.3, -0.25) is 4.79 Å². The maximum absolute atomic E-state index is 12.2. The van der Waals surface area contributed by atoms with Gasteiger partial charge in [0.15, 0.2) is 0 Å². The van der Waals surface area contributed by atoms with Gasteiger partial charge in [-0.05, 0) is 50.8 Å². The summed E-state index contributed by atoms with van der Waals surface area (Å²) in [5.41, 5.74) is 2.13. The van der Waals surface area contributed by atoms with Crippen LogP contribution in [0.5, 0.6) is 0 Å². The number of amides is 1. The van der Waals surface area contributed by atoms with E-state index in [2.05, 4.69) is 0 Å². The van der Waals surface area contributed by atoms with Gasteiger partial charge in [0.1, 0.15) is 0 Å². The quantitative estimate of drug-likeness (QED) is 0.839. The lowest BCUT2D eigenvalue weighted by molar-refractivity contribution is -0.133. The van der Waals surface area contributed by atoms with Crippen LogP contribution in [0.4, 0.5) is 0 Å². The van der Waals surface area contributed by atoms with Crippen molar-refractivity contribution in [3.63, 3.8) is 0 Å². The van der Waals surface area contributed by atoms with Crippen molar-refractivity contribution in [2.75, 3.05) is 13.2 Å². The van der Waals surface area contributed by atoms with Crippen molar-refractivity contribution in [3.05, 3.63) is 34.3 Å². The lowest BCUT2D eigenvalue weighted by atomic mass is 10.1. The fourth-order valence-corrected chi connectivity index (χ4v) is 2.30. The van der Waals surface area contributed by atoms with Crippen LogP contribution in [-0.4, -0.2) is 35.1 Å². The molecule has 4 heteroatoms. The van der Waals surface area contributed by atoms with E-state index in [9.17, 15) is 4.79 Å². The van der Waals surface area contributed by atoms with Crippen molar-refractivity contribution in [3.8, 4) is 0 Å². The Kier molecular flexibility index (Phi) is 7.03. The molecule has 20 heavy (non-hydrogen) atoms. The van der Waals surface area contributed by atoms with Gasteiger partial charge in [-0.25, -0.2) is 0 Å². The van der Waals surface area contributed by atoms with E-state index < -0.39 is 0 Å². The molecule has 0 aliphatic heterocycles. The molecule has 0 heterocycles. The number of benzene rings is 1. The van der Waals surface area contributed by atoms with Gasteiger partial charge >= 0.3 is 0 Å². The molecule has 0 atom stereocenters. The van der Waals surface area contributed by atoms with Crippen molar-refractivity contribution in [1.82, 2.24) is 4.90 Å². The standard InChI is InChI=1S/C16H24ClNO2/c1-12(2)18(9-4-10-19)16(20)8-7-14-6-5-13(3)15(17)11-14/h5-6,11-12,19H,4,7-10H2,1-3H3. The molecule has 0 saturated carbocycles. The average molecular weight is 298 g/mol. The minimum atomic E-state index is 0.115. The smallest absolute Gasteiger partial charge is 0.223 e. The van der Waals surface area contributed by atoms with Crippen LogP contribution in [0.2, 0.25) is 5.02 Å². The van der Waals surface area contributed by atoms with Crippen molar-refractivity contribution in [2.24, 2.45) is 0 Å². The number of aryl methyl sites for hydroxylation is 2. The monoisotopic (exact) mass is 297 g/mol. The Morgan fingerprint density at radius 3 is 2.65 bits per heavy atom. The largest absolute Gasteiger partial charge is 0.396 e. The van der Waals surface area contributed by atoms with Crippen molar-refractivity contribution >= 4 is 17.5 Å². The molecule has 1 aromatic rings. The van der Waals surface area contributed by atoms with Gasteiger partial charge in [0.2, 0.25) is 5.91 Å². The van der Waals surface area contributed by atoms with E-state index in [1.807, 2.05) is 43.9 Å². The minimum absolute atomic E-state index is 0.115. The zero-order valence-electron chi connectivity index (χ0n) is 12.5. The summed E-state index contributed by atoms with van der Waals surface area (Å²) in [5, 5.41) is 9.64. The lowest BCUT2D eigenvalue weighted by Gasteiger charge is -2.26. The highest BCUT2D eigenvalue weighted by molar-refractivity contribution is 6.31. The Morgan fingerprint density at radius 1 is 1.40 bits per heavy atom. The number of hydrogen-bond donors (Lipinski definition) is 1. The summed E-state index contributed by atoms with van der Waals surface area (Å²) in [6, 6.07) is 6.09. The second-order valence-corrected chi connectivity index (χ2v) is 5.75. The van der Waals surface area contributed by atoms with Crippen LogP contribution in [0.1, 0.15) is 37.8 Å². The van der Waals surface area contributed by atoms with Crippen LogP contribution >= 0.6 is 11.6 Å². The summed E-state index contributed by atoms with van der Waals surface area (Å²) in [7, 11) is 0. The van der Waals surface area contributed by atoms with Gasteiger partial charge in [-0.15, -0.1) is 0 Å². The third-order valence-corrected chi connectivity index (χ3v) is 3.77. The lowest BCUT2D eigenvalue weighted by Crippen LogP contribution is -2.38. The van der Waals surface area contributed by atoms with Gasteiger partial charge in [0, 0.05) is 30.6 Å². The van der Waals surface area contributed by atoms with Crippen LogP contribution in [0.15, 0.2) is 18.2 Å². The molecule has 0 radical (unpaired) electrons. The van der Waals surface area contributed by atoms with E-state index >= 15 is 0 Å². The Balaban J connectivity index is 2.57. The van der Waals surface area contributed by atoms with E-state index in [4.69, 9.17) is 16.7 Å². The van der Waals surface area contributed by atoms with Crippen LogP contribution in [0, 0.1) is 6.92 Å². The number of halogens is 1. The van der Waals surface area contributed by atoms with E-state index in [0.29, 0.717) is 25.8 Å². The Hall–Kier alpha value is -1.06. The highest BCUT2D eigenvalue weighted by atomic mass is 35.5. The molecule has 0 aliphatic rings. The fraction of sp³-hybridized carbons (Fsp3) is 0.562. The topological polar surface area (TPSA) is 40.5 Å². The number of aliphatic hydroxyl groups excluding tert-OH is 1. The number of hydrogen-bond acceptors (Lipinski definition) is 2. The third-order valence-electron chi connectivity index (χ3n) is 3.36. The summed E-state index contributed by atoms with van der Waals surface area (Å²) in [6.45, 7) is 6.69. The normalized spacial score (nSPS) is 10.9. The molecule has 0 aliphatic carbocycles. The molecule has 1 rings (SSSR count). The number of rotatable bonds is 7. The first-order valence-electron chi connectivity index (χ1n) is 7.11. The predicted octanol–water partition coefficient (Wildman–Crippen LogP) is 3.20. The van der Waals surface area contributed by atoms with E-state index in [-0.39, 0.29) is 18.6 Å². The number of nitrogens with zero attached hydrogens (tertiary/aromatic N) is 1. The molecule has 0 spiro atoms. The Morgan fingerprint density at radius 2 is 2.10 bits per heavy atom. The number of aliphatic hydroxyl groups is 1. The van der Waals surface area contributed by atoms with Gasteiger partial charge in [0.25, 0.3) is 0 Å². The molecule has 1 aromatic carbocycles. The highest BCUT2D eigenvalue weighted by Gasteiger charge is 2.16. The minimum Gasteiger partial charge on any atom is -0.396 e. The first-order valence-corrected chi connectivity index (χ1v) is 7.49. The maximum Gasteiger partial charge on any atom is 0.223 e. The molecule has 0 unspecified atom stereocenters. The van der Waals surface area contributed by atoms with Crippen molar-refractivity contribution < 1.29 is 9.90 Å². The molecule has 3 nitrogen and oxygen atoms in total. The van der Waals surface area contributed by atoms with Gasteiger partial charge in [-0.1, -0.05) is 23.7 Å². The Bertz CT molecular complexity index is 446. The molecule has 0 saturated heterocycles.